The SMILES string of the molecule is CCOCO[C@H]1CC[C@@]2(C)[C@H](CC[C@@H]3[C@@H]2CC[C@]2(C)C(O)(CCC(=O)O)CC[C@]32OCOCC)C1. The first-order valence-electron chi connectivity index (χ1n) is 14.0. The lowest BCUT2D eigenvalue weighted by Gasteiger charge is -2.65. The minimum absolute atomic E-state index is 0.00928. The molecular weight excluding hydrogens is 448 g/mol. The third-order valence-corrected chi connectivity index (χ3v) is 11.0. The van der Waals surface area contributed by atoms with E-state index in [2.05, 4.69) is 13.8 Å². The molecule has 0 aliphatic heterocycles. The smallest absolute Gasteiger partial charge is 0.303 e. The molecule has 2 N–H and O–H groups in total. The van der Waals surface area contributed by atoms with E-state index in [9.17, 15) is 15.0 Å². The van der Waals surface area contributed by atoms with Gasteiger partial charge >= 0.3 is 5.97 Å². The Morgan fingerprint density at radius 2 is 1.66 bits per heavy atom. The van der Waals surface area contributed by atoms with E-state index < -0.39 is 22.6 Å². The third kappa shape index (κ3) is 4.58. The number of aliphatic carboxylic acids is 1. The molecule has 35 heavy (non-hydrogen) atoms. The highest BCUT2D eigenvalue weighted by Gasteiger charge is 2.72. The summed E-state index contributed by atoms with van der Waals surface area (Å²) >= 11 is 0. The van der Waals surface area contributed by atoms with E-state index in [4.69, 9.17) is 18.9 Å². The lowest BCUT2D eigenvalue weighted by Crippen LogP contribution is -2.66. The van der Waals surface area contributed by atoms with Gasteiger partial charge in [0.05, 0.1) is 17.3 Å². The maximum atomic E-state index is 11.9. The first-order chi connectivity index (χ1) is 16.7. The van der Waals surface area contributed by atoms with Gasteiger partial charge in [0.2, 0.25) is 0 Å². The quantitative estimate of drug-likeness (QED) is 0.302. The summed E-state index contributed by atoms with van der Waals surface area (Å²) in [6.45, 7) is 10.5. The van der Waals surface area contributed by atoms with E-state index in [1.165, 1.54) is 0 Å². The van der Waals surface area contributed by atoms with Gasteiger partial charge in [0.1, 0.15) is 13.6 Å². The summed E-state index contributed by atoms with van der Waals surface area (Å²) in [7, 11) is 0. The number of carboxylic acid groups (broad SMARTS) is 1. The van der Waals surface area contributed by atoms with Gasteiger partial charge < -0.3 is 29.2 Å². The van der Waals surface area contributed by atoms with Gasteiger partial charge in [-0.2, -0.15) is 0 Å². The van der Waals surface area contributed by atoms with Crippen LogP contribution in [0.25, 0.3) is 0 Å². The second-order valence-corrected chi connectivity index (χ2v) is 12.1. The third-order valence-electron chi connectivity index (χ3n) is 11.0. The molecule has 4 rings (SSSR count). The minimum Gasteiger partial charge on any atom is -0.481 e. The van der Waals surface area contributed by atoms with Crippen molar-refractivity contribution in [3.8, 4) is 0 Å². The summed E-state index contributed by atoms with van der Waals surface area (Å²) in [4.78, 5) is 11.4. The van der Waals surface area contributed by atoms with Crippen molar-refractivity contribution in [2.75, 3.05) is 26.8 Å². The van der Waals surface area contributed by atoms with Crippen LogP contribution in [0, 0.1) is 28.6 Å². The molecule has 0 spiro atoms. The second-order valence-electron chi connectivity index (χ2n) is 12.1. The molecule has 1 unspecified atom stereocenters. The molecule has 8 atom stereocenters. The topological polar surface area (TPSA) is 94.5 Å². The van der Waals surface area contributed by atoms with Crippen molar-refractivity contribution in [1.29, 1.82) is 0 Å². The number of carbonyl (C=O) groups is 1. The van der Waals surface area contributed by atoms with Crippen molar-refractivity contribution in [3.05, 3.63) is 0 Å². The van der Waals surface area contributed by atoms with E-state index in [-0.39, 0.29) is 31.2 Å². The standard InChI is InChI=1S/C28H48O7/c1-5-32-18-34-21-9-12-25(3)20(17-21)7-8-23-22(25)10-13-26(4)27(31,14-11-24(29)30)15-16-28(23,26)35-19-33-6-2/h20-23,31H,5-19H2,1-4H3,(H,29,30)/t20-,21+,22+,23-,25+,26-,27?,28+/m1/s1. The number of ether oxygens (including phenoxy) is 4. The van der Waals surface area contributed by atoms with Gasteiger partial charge in [-0.1, -0.05) is 13.8 Å². The summed E-state index contributed by atoms with van der Waals surface area (Å²) in [5.74, 6) is 0.665. The van der Waals surface area contributed by atoms with Gasteiger partial charge in [0, 0.05) is 25.0 Å². The molecule has 4 fully saturated rings. The number of carboxylic acids is 1. The molecule has 0 aromatic carbocycles. The van der Waals surface area contributed by atoms with Crippen LogP contribution < -0.4 is 0 Å². The zero-order valence-electron chi connectivity index (χ0n) is 22.4. The highest BCUT2D eigenvalue weighted by atomic mass is 16.7. The minimum atomic E-state index is -1.02. The summed E-state index contributed by atoms with van der Waals surface area (Å²) in [5.41, 5.74) is -1.74. The largest absolute Gasteiger partial charge is 0.481 e. The molecular formula is C28H48O7. The normalized spacial score (nSPS) is 44.9. The van der Waals surface area contributed by atoms with Crippen LogP contribution >= 0.6 is 0 Å². The Balaban J connectivity index is 1.58. The Morgan fingerprint density at radius 3 is 2.37 bits per heavy atom. The molecule has 4 aliphatic carbocycles. The molecule has 0 radical (unpaired) electrons. The zero-order valence-corrected chi connectivity index (χ0v) is 22.4. The molecule has 4 saturated carbocycles. The van der Waals surface area contributed by atoms with Crippen molar-refractivity contribution in [2.45, 2.75) is 116 Å². The number of aliphatic hydroxyl groups is 1. The molecule has 0 bridgehead atoms. The molecule has 7 heteroatoms. The van der Waals surface area contributed by atoms with E-state index in [1.54, 1.807) is 0 Å². The zero-order chi connectivity index (χ0) is 25.3. The average molecular weight is 497 g/mol. The maximum absolute atomic E-state index is 11.9. The molecule has 0 heterocycles. The Hall–Kier alpha value is -0.730. The molecule has 202 valence electrons. The van der Waals surface area contributed by atoms with Crippen LogP contribution in [0.4, 0.5) is 0 Å². The van der Waals surface area contributed by atoms with Crippen LogP contribution in [0.5, 0.6) is 0 Å². The molecule has 4 aliphatic rings. The fourth-order valence-electron chi connectivity index (χ4n) is 8.93. The van der Waals surface area contributed by atoms with Gasteiger partial charge in [0.25, 0.3) is 0 Å². The lowest BCUT2D eigenvalue weighted by atomic mass is 9.43. The summed E-state index contributed by atoms with van der Waals surface area (Å²) < 4.78 is 23.9. The van der Waals surface area contributed by atoms with Crippen LogP contribution in [0.1, 0.15) is 98.3 Å². The Kier molecular flexibility index (Phi) is 8.24. The van der Waals surface area contributed by atoms with Crippen LogP contribution in [-0.4, -0.2) is 60.3 Å². The number of hydrogen-bond acceptors (Lipinski definition) is 6. The van der Waals surface area contributed by atoms with Crippen molar-refractivity contribution < 1.29 is 34.0 Å². The Bertz CT molecular complexity index is 745. The monoisotopic (exact) mass is 496 g/mol. The van der Waals surface area contributed by atoms with Crippen molar-refractivity contribution in [3.63, 3.8) is 0 Å². The van der Waals surface area contributed by atoms with Gasteiger partial charge in [-0.15, -0.1) is 0 Å². The molecule has 0 aromatic heterocycles. The van der Waals surface area contributed by atoms with Crippen LogP contribution in [0.2, 0.25) is 0 Å². The first kappa shape index (κ1) is 27.3. The summed E-state index contributed by atoms with van der Waals surface area (Å²) in [6.07, 6.45) is 9.40. The van der Waals surface area contributed by atoms with Crippen molar-refractivity contribution >= 4 is 5.97 Å². The van der Waals surface area contributed by atoms with Crippen LogP contribution in [0.3, 0.4) is 0 Å². The van der Waals surface area contributed by atoms with Crippen LogP contribution in [0.15, 0.2) is 0 Å². The molecule has 0 amide bonds. The van der Waals surface area contributed by atoms with Gasteiger partial charge in [-0.3, -0.25) is 4.79 Å². The molecule has 7 nitrogen and oxygen atoms in total. The number of hydrogen-bond donors (Lipinski definition) is 2. The lowest BCUT2D eigenvalue weighted by molar-refractivity contribution is -0.280. The molecule has 0 aromatic rings. The highest BCUT2D eigenvalue weighted by molar-refractivity contribution is 5.66. The van der Waals surface area contributed by atoms with Crippen LogP contribution in [-0.2, 0) is 23.7 Å². The van der Waals surface area contributed by atoms with Gasteiger partial charge in [0.15, 0.2) is 0 Å². The van der Waals surface area contributed by atoms with E-state index >= 15 is 0 Å². The fraction of sp³-hybridized carbons (Fsp3) is 0.964. The summed E-state index contributed by atoms with van der Waals surface area (Å²) in [5, 5.41) is 21.3. The van der Waals surface area contributed by atoms with Gasteiger partial charge in [-0.05, 0) is 101 Å². The van der Waals surface area contributed by atoms with Gasteiger partial charge in [-0.25, -0.2) is 0 Å². The average Bonchev–Trinajstić information content (AvgIpc) is 3.06. The predicted octanol–water partition coefficient (Wildman–Crippen LogP) is 5.14. The van der Waals surface area contributed by atoms with Crippen molar-refractivity contribution in [1.82, 2.24) is 0 Å². The van der Waals surface area contributed by atoms with E-state index in [0.717, 1.165) is 51.4 Å². The maximum Gasteiger partial charge on any atom is 0.303 e. The molecule has 0 saturated heterocycles. The Labute approximate surface area is 211 Å². The fourth-order valence-corrected chi connectivity index (χ4v) is 8.93. The first-order valence-corrected chi connectivity index (χ1v) is 14.0. The van der Waals surface area contributed by atoms with Crippen molar-refractivity contribution in [2.24, 2.45) is 28.6 Å². The highest BCUT2D eigenvalue weighted by Crippen LogP contribution is 2.71. The summed E-state index contributed by atoms with van der Waals surface area (Å²) in [6, 6.07) is 0. The second kappa shape index (κ2) is 10.6. The van der Waals surface area contributed by atoms with E-state index in [0.29, 0.717) is 44.2 Å². The number of fused-ring (bicyclic) bond motifs is 5. The predicted molar refractivity (Wildman–Crippen MR) is 132 cm³/mol. The Morgan fingerprint density at radius 1 is 0.914 bits per heavy atom. The van der Waals surface area contributed by atoms with E-state index in [1.807, 2.05) is 13.8 Å². The number of rotatable bonds is 11.